The van der Waals surface area contributed by atoms with Crippen LogP contribution in [0.2, 0.25) is 20.1 Å². The molecule has 150 valence electrons. The average molecular weight is 475 g/mol. The van der Waals surface area contributed by atoms with Crippen LogP contribution in [0, 0.1) is 10.1 Å². The van der Waals surface area contributed by atoms with Gasteiger partial charge < -0.3 is 0 Å². The highest BCUT2D eigenvalue weighted by Gasteiger charge is 2.21. The van der Waals surface area contributed by atoms with Crippen LogP contribution in [-0.2, 0) is 13.1 Å². The maximum atomic E-state index is 12.9. The Kier molecular flexibility index (Phi) is 6.33. The molecular weight excluding hydrogens is 464 g/mol. The molecule has 0 aliphatic rings. The summed E-state index contributed by atoms with van der Waals surface area (Å²) >= 11 is 24.0. The van der Waals surface area contributed by atoms with E-state index in [-0.39, 0.29) is 23.1 Å². The predicted octanol–water partition coefficient (Wildman–Crippen LogP) is 4.63. The number of rotatable bonds is 5. The van der Waals surface area contributed by atoms with Crippen LogP contribution in [0.25, 0.3) is 0 Å². The van der Waals surface area contributed by atoms with Gasteiger partial charge >= 0.3 is 16.9 Å². The molecule has 3 aromatic rings. The van der Waals surface area contributed by atoms with Crippen LogP contribution in [0.15, 0.2) is 52.2 Å². The zero-order valence-corrected chi connectivity index (χ0v) is 17.5. The Bertz CT molecular complexity index is 1240. The summed E-state index contributed by atoms with van der Waals surface area (Å²) in [6, 6.07) is 9.18. The molecule has 0 saturated heterocycles. The Morgan fingerprint density at radius 2 is 1.38 bits per heavy atom. The van der Waals surface area contributed by atoms with Crippen molar-refractivity contribution in [1.29, 1.82) is 0 Å². The molecule has 0 aliphatic carbocycles. The number of hydrogen-bond acceptors (Lipinski definition) is 4. The van der Waals surface area contributed by atoms with Crippen LogP contribution < -0.4 is 11.2 Å². The van der Waals surface area contributed by atoms with Gasteiger partial charge in [0.15, 0.2) is 0 Å². The second kappa shape index (κ2) is 8.59. The zero-order valence-electron chi connectivity index (χ0n) is 14.4. The Morgan fingerprint density at radius 1 is 0.862 bits per heavy atom. The van der Waals surface area contributed by atoms with Crippen molar-refractivity contribution < 1.29 is 4.92 Å². The fourth-order valence-corrected chi connectivity index (χ4v) is 3.61. The lowest BCUT2D eigenvalue weighted by molar-refractivity contribution is -0.387. The Morgan fingerprint density at radius 3 is 1.86 bits per heavy atom. The maximum Gasteiger partial charge on any atom is 0.350 e. The molecule has 0 unspecified atom stereocenters. The maximum absolute atomic E-state index is 12.9. The van der Waals surface area contributed by atoms with Gasteiger partial charge in [0.2, 0.25) is 0 Å². The van der Waals surface area contributed by atoms with Crippen LogP contribution in [0.1, 0.15) is 11.1 Å². The molecule has 0 amide bonds. The van der Waals surface area contributed by atoms with Gasteiger partial charge in [-0.15, -0.1) is 0 Å². The normalized spacial score (nSPS) is 10.9. The molecule has 0 aliphatic heterocycles. The highest BCUT2D eigenvalue weighted by molar-refractivity contribution is 6.35. The molecular formula is C18H11Cl4N3O4. The fraction of sp³-hybridized carbons (Fsp3) is 0.111. The molecule has 1 aromatic heterocycles. The van der Waals surface area contributed by atoms with Crippen LogP contribution in [0.3, 0.4) is 0 Å². The van der Waals surface area contributed by atoms with Crippen LogP contribution in [0.5, 0.6) is 0 Å². The molecule has 0 spiro atoms. The van der Waals surface area contributed by atoms with Gasteiger partial charge in [-0.2, -0.15) is 0 Å². The quantitative estimate of drug-likeness (QED) is 0.398. The van der Waals surface area contributed by atoms with Gasteiger partial charge in [-0.05, 0) is 35.4 Å². The Balaban J connectivity index is 2.14. The minimum Gasteiger partial charge on any atom is -0.289 e. The van der Waals surface area contributed by atoms with Gasteiger partial charge in [0.1, 0.15) is 0 Å². The molecule has 0 N–H and O–H groups in total. The van der Waals surface area contributed by atoms with Gasteiger partial charge in [0.05, 0.1) is 24.2 Å². The summed E-state index contributed by atoms with van der Waals surface area (Å²) < 4.78 is 1.79. The van der Waals surface area contributed by atoms with E-state index in [1.165, 1.54) is 24.3 Å². The van der Waals surface area contributed by atoms with E-state index in [1.807, 2.05) is 0 Å². The minimum absolute atomic E-state index is 0.0930. The Hall–Kier alpha value is -2.32. The topological polar surface area (TPSA) is 87.1 Å². The predicted molar refractivity (Wildman–Crippen MR) is 113 cm³/mol. The number of aromatic nitrogens is 2. The molecule has 0 radical (unpaired) electrons. The van der Waals surface area contributed by atoms with Crippen molar-refractivity contribution in [2.75, 3.05) is 0 Å². The lowest BCUT2D eigenvalue weighted by atomic mass is 10.2. The standard InChI is InChI=1S/C18H11Cl4N3O4/c19-12-3-1-10(14(21)5-12)7-23-9-16(25(28)29)17(26)24(18(23)27)8-11-2-4-13(20)6-15(11)22/h1-6,9H,7-8H2. The SMILES string of the molecule is O=c1c([N+](=O)[O-])cn(Cc2ccc(Cl)cc2Cl)c(=O)n1Cc1ccc(Cl)cc1Cl. The average Bonchev–Trinajstić information content (AvgIpc) is 2.64. The first-order chi connectivity index (χ1) is 13.7. The third kappa shape index (κ3) is 4.64. The third-order valence-corrected chi connectivity index (χ3v) is 5.29. The first-order valence-corrected chi connectivity index (χ1v) is 9.55. The van der Waals surface area contributed by atoms with Crippen molar-refractivity contribution in [1.82, 2.24) is 9.13 Å². The van der Waals surface area contributed by atoms with E-state index in [2.05, 4.69) is 0 Å². The summed E-state index contributed by atoms with van der Waals surface area (Å²) in [5.74, 6) is 0. The minimum atomic E-state index is -1.04. The number of nitro groups is 1. The van der Waals surface area contributed by atoms with Gasteiger partial charge in [0, 0.05) is 20.1 Å². The highest BCUT2D eigenvalue weighted by Crippen LogP contribution is 2.23. The summed E-state index contributed by atoms with van der Waals surface area (Å²) in [5.41, 5.74) is -1.63. The second-order valence-electron chi connectivity index (χ2n) is 6.04. The van der Waals surface area contributed by atoms with E-state index in [9.17, 15) is 19.7 Å². The zero-order chi connectivity index (χ0) is 21.3. The van der Waals surface area contributed by atoms with Crippen molar-refractivity contribution in [3.63, 3.8) is 0 Å². The van der Waals surface area contributed by atoms with Gasteiger partial charge in [-0.3, -0.25) is 19.5 Å². The lowest BCUT2D eigenvalue weighted by Gasteiger charge is -2.12. The molecule has 1 heterocycles. The monoisotopic (exact) mass is 473 g/mol. The van der Waals surface area contributed by atoms with Crippen LogP contribution >= 0.6 is 46.4 Å². The molecule has 0 bridgehead atoms. The smallest absolute Gasteiger partial charge is 0.289 e. The highest BCUT2D eigenvalue weighted by atomic mass is 35.5. The number of hydrogen-bond donors (Lipinski definition) is 0. The van der Waals surface area contributed by atoms with Gasteiger partial charge in [-0.25, -0.2) is 9.36 Å². The van der Waals surface area contributed by atoms with Crippen LogP contribution in [0.4, 0.5) is 5.69 Å². The van der Waals surface area contributed by atoms with E-state index in [4.69, 9.17) is 46.4 Å². The van der Waals surface area contributed by atoms with Crippen molar-refractivity contribution in [2.45, 2.75) is 13.1 Å². The van der Waals surface area contributed by atoms with E-state index in [0.29, 0.717) is 21.2 Å². The van der Waals surface area contributed by atoms with Gasteiger partial charge in [0.25, 0.3) is 0 Å². The number of nitrogens with zero attached hydrogens (tertiary/aromatic N) is 3. The largest absolute Gasteiger partial charge is 0.350 e. The number of benzene rings is 2. The Labute approximate surface area is 183 Å². The lowest BCUT2D eigenvalue weighted by Crippen LogP contribution is -2.41. The summed E-state index contributed by atoms with van der Waals surface area (Å²) in [6.07, 6.45) is 0.898. The summed E-state index contributed by atoms with van der Waals surface area (Å²) in [5, 5.41) is 12.6. The molecule has 7 nitrogen and oxygen atoms in total. The van der Waals surface area contributed by atoms with Crippen molar-refractivity contribution >= 4 is 52.1 Å². The molecule has 0 saturated carbocycles. The summed E-state index contributed by atoms with van der Waals surface area (Å²) in [7, 11) is 0. The molecule has 2 aromatic carbocycles. The number of halogens is 4. The van der Waals surface area contributed by atoms with E-state index >= 15 is 0 Å². The third-order valence-electron chi connectivity index (χ3n) is 4.12. The van der Waals surface area contributed by atoms with Crippen molar-refractivity contribution in [2.24, 2.45) is 0 Å². The van der Waals surface area contributed by atoms with E-state index in [0.717, 1.165) is 15.3 Å². The first-order valence-electron chi connectivity index (χ1n) is 8.04. The van der Waals surface area contributed by atoms with E-state index < -0.39 is 21.9 Å². The van der Waals surface area contributed by atoms with Crippen LogP contribution in [-0.4, -0.2) is 14.1 Å². The van der Waals surface area contributed by atoms with Gasteiger partial charge in [-0.1, -0.05) is 58.5 Å². The molecule has 3 rings (SSSR count). The first kappa shape index (κ1) is 21.4. The molecule has 0 atom stereocenters. The fourth-order valence-electron chi connectivity index (χ4n) is 2.67. The molecule has 29 heavy (non-hydrogen) atoms. The van der Waals surface area contributed by atoms with Crippen molar-refractivity contribution in [3.8, 4) is 0 Å². The molecule has 0 fully saturated rings. The van der Waals surface area contributed by atoms with E-state index in [1.54, 1.807) is 12.1 Å². The summed E-state index contributed by atoms with van der Waals surface area (Å²) in [6.45, 7) is -0.353. The second-order valence-corrected chi connectivity index (χ2v) is 7.73. The molecule has 11 heteroatoms. The van der Waals surface area contributed by atoms with Crippen molar-refractivity contribution in [3.05, 3.63) is 105 Å². The summed E-state index contributed by atoms with van der Waals surface area (Å²) in [4.78, 5) is 35.9.